The quantitative estimate of drug-likeness (QED) is 0.778. The molecule has 0 aromatic heterocycles. The highest BCUT2D eigenvalue weighted by Gasteiger charge is 2.42. The van der Waals surface area contributed by atoms with Gasteiger partial charge in [-0.15, -0.1) is 0 Å². The summed E-state index contributed by atoms with van der Waals surface area (Å²) in [5.41, 5.74) is 0. The number of carbonyl (C=O) groups excluding carboxylic acids is 1. The Morgan fingerprint density at radius 2 is 1.71 bits per heavy atom. The van der Waals surface area contributed by atoms with Crippen LogP contribution in [-0.2, 0) is 4.79 Å². The molecule has 98 valence electrons. The van der Waals surface area contributed by atoms with Crippen LogP contribution in [-0.4, -0.2) is 31.2 Å². The molecule has 2 aliphatic rings. The Labute approximate surface area is 98.1 Å². The van der Waals surface area contributed by atoms with Crippen LogP contribution >= 0.6 is 0 Å². The molecular weight excluding hydrogens is 233 g/mol. The van der Waals surface area contributed by atoms with Gasteiger partial charge in [0, 0.05) is 19.0 Å². The third-order valence-corrected chi connectivity index (χ3v) is 3.69. The van der Waals surface area contributed by atoms with Crippen molar-refractivity contribution >= 4 is 5.91 Å². The monoisotopic (exact) mass is 250 g/mol. The summed E-state index contributed by atoms with van der Waals surface area (Å²) >= 11 is 0. The van der Waals surface area contributed by atoms with Crippen LogP contribution in [0.1, 0.15) is 25.7 Å². The van der Waals surface area contributed by atoms with Gasteiger partial charge in [-0.2, -0.15) is 13.2 Å². The van der Waals surface area contributed by atoms with E-state index >= 15 is 0 Å². The molecule has 1 heterocycles. The molecule has 3 nitrogen and oxygen atoms in total. The molecule has 0 aromatic rings. The van der Waals surface area contributed by atoms with Crippen LogP contribution in [0, 0.1) is 11.8 Å². The third kappa shape index (κ3) is 3.12. The Bertz CT molecular complexity index is 281. The maximum Gasteiger partial charge on any atom is 0.391 e. The highest BCUT2D eigenvalue weighted by molar-refractivity contribution is 5.79. The molecule has 2 fully saturated rings. The molecule has 1 saturated heterocycles. The van der Waals surface area contributed by atoms with E-state index in [4.69, 9.17) is 0 Å². The first-order chi connectivity index (χ1) is 7.97. The van der Waals surface area contributed by atoms with Crippen molar-refractivity contribution in [3.63, 3.8) is 0 Å². The van der Waals surface area contributed by atoms with Crippen molar-refractivity contribution in [1.29, 1.82) is 0 Å². The summed E-state index contributed by atoms with van der Waals surface area (Å²) < 4.78 is 37.3. The molecule has 0 spiro atoms. The fraction of sp³-hybridized carbons (Fsp3) is 0.909. The van der Waals surface area contributed by atoms with Crippen LogP contribution in [0.3, 0.4) is 0 Å². The summed E-state index contributed by atoms with van der Waals surface area (Å²) in [5, 5.41) is 5.89. The average Bonchev–Trinajstić information content (AvgIpc) is 2.22. The van der Waals surface area contributed by atoms with Gasteiger partial charge in [0.2, 0.25) is 5.91 Å². The fourth-order valence-electron chi connectivity index (χ4n) is 2.39. The highest BCUT2D eigenvalue weighted by atomic mass is 19.4. The zero-order valence-corrected chi connectivity index (χ0v) is 9.52. The minimum Gasteiger partial charge on any atom is -0.351 e. The Hall–Kier alpha value is -0.780. The van der Waals surface area contributed by atoms with Gasteiger partial charge in [-0.1, -0.05) is 0 Å². The van der Waals surface area contributed by atoms with Crippen molar-refractivity contribution in [1.82, 2.24) is 10.6 Å². The lowest BCUT2D eigenvalue weighted by Gasteiger charge is -2.33. The summed E-state index contributed by atoms with van der Waals surface area (Å²) in [6.45, 7) is 1.53. The van der Waals surface area contributed by atoms with Crippen molar-refractivity contribution < 1.29 is 18.0 Å². The van der Waals surface area contributed by atoms with Gasteiger partial charge in [-0.05, 0) is 25.7 Å². The smallest absolute Gasteiger partial charge is 0.351 e. The van der Waals surface area contributed by atoms with E-state index in [1.807, 2.05) is 0 Å². The number of alkyl halides is 3. The molecule has 6 heteroatoms. The Morgan fingerprint density at radius 1 is 1.12 bits per heavy atom. The maximum atomic E-state index is 12.4. The molecular formula is C11H17F3N2O. The van der Waals surface area contributed by atoms with Crippen molar-refractivity contribution in [2.24, 2.45) is 11.8 Å². The van der Waals surface area contributed by atoms with Crippen LogP contribution in [0.15, 0.2) is 0 Å². The lowest BCUT2D eigenvalue weighted by atomic mass is 9.81. The number of halogens is 3. The first-order valence-corrected chi connectivity index (χ1v) is 6.04. The summed E-state index contributed by atoms with van der Waals surface area (Å²) in [4.78, 5) is 11.7. The van der Waals surface area contributed by atoms with Crippen LogP contribution < -0.4 is 10.6 Å². The van der Waals surface area contributed by atoms with Crippen LogP contribution in [0.25, 0.3) is 0 Å². The second kappa shape index (κ2) is 4.84. The van der Waals surface area contributed by atoms with E-state index in [0.29, 0.717) is 12.8 Å². The molecule has 0 unspecified atom stereocenters. The summed E-state index contributed by atoms with van der Waals surface area (Å²) in [7, 11) is 0. The molecule has 17 heavy (non-hydrogen) atoms. The van der Waals surface area contributed by atoms with Crippen molar-refractivity contribution in [3.05, 3.63) is 0 Å². The first-order valence-electron chi connectivity index (χ1n) is 6.04. The molecule has 0 atom stereocenters. The molecule has 2 rings (SSSR count). The predicted octanol–water partition coefficient (Wildman–Crippen LogP) is 1.44. The average molecular weight is 250 g/mol. The third-order valence-electron chi connectivity index (χ3n) is 3.69. The molecule has 1 aliphatic heterocycles. The van der Waals surface area contributed by atoms with Gasteiger partial charge in [0.05, 0.1) is 12.0 Å². The van der Waals surface area contributed by atoms with Gasteiger partial charge in [0.25, 0.3) is 0 Å². The van der Waals surface area contributed by atoms with Gasteiger partial charge in [-0.25, -0.2) is 0 Å². The molecule has 0 bridgehead atoms. The molecule has 1 aliphatic carbocycles. The Balaban J connectivity index is 1.76. The fourth-order valence-corrected chi connectivity index (χ4v) is 2.39. The number of rotatable bonds is 2. The summed E-state index contributed by atoms with van der Waals surface area (Å²) in [6, 6.07) is 0.169. The lowest BCUT2D eigenvalue weighted by Crippen LogP contribution is -2.58. The van der Waals surface area contributed by atoms with E-state index in [0.717, 1.165) is 13.1 Å². The van der Waals surface area contributed by atoms with Gasteiger partial charge in [0.1, 0.15) is 0 Å². The standard InChI is InChI=1S/C11H17F3N2O/c12-11(13,14)8-3-1-7(2-4-8)10(17)16-9-5-15-6-9/h7-9,15H,1-6H2,(H,16,17). The second-order valence-electron chi connectivity index (χ2n) is 4.95. The normalized spacial score (nSPS) is 30.8. The number of carbonyl (C=O) groups is 1. The number of hydrogen-bond acceptors (Lipinski definition) is 2. The van der Waals surface area contributed by atoms with Gasteiger partial charge in [0.15, 0.2) is 0 Å². The van der Waals surface area contributed by atoms with Crippen molar-refractivity contribution in [3.8, 4) is 0 Å². The SMILES string of the molecule is O=C(NC1CNC1)C1CCC(C(F)(F)F)CC1. The molecule has 0 radical (unpaired) electrons. The zero-order chi connectivity index (χ0) is 12.5. The molecule has 1 amide bonds. The number of amides is 1. The van der Waals surface area contributed by atoms with Crippen molar-refractivity contribution in [2.45, 2.75) is 37.9 Å². The second-order valence-corrected chi connectivity index (χ2v) is 4.95. The van der Waals surface area contributed by atoms with Crippen molar-refractivity contribution in [2.75, 3.05) is 13.1 Å². The topological polar surface area (TPSA) is 41.1 Å². The minimum atomic E-state index is -4.10. The minimum absolute atomic E-state index is 0.0721. The summed E-state index contributed by atoms with van der Waals surface area (Å²) in [6.07, 6.45) is -3.21. The Kier molecular flexibility index (Phi) is 3.61. The molecule has 2 N–H and O–H groups in total. The number of hydrogen-bond donors (Lipinski definition) is 2. The predicted molar refractivity (Wildman–Crippen MR) is 56.3 cm³/mol. The Morgan fingerprint density at radius 3 is 2.12 bits per heavy atom. The number of nitrogens with one attached hydrogen (secondary N) is 2. The van der Waals surface area contributed by atoms with E-state index in [2.05, 4.69) is 10.6 Å². The highest BCUT2D eigenvalue weighted by Crippen LogP contribution is 2.39. The molecule has 1 saturated carbocycles. The van der Waals surface area contributed by atoms with Crippen LogP contribution in [0.4, 0.5) is 13.2 Å². The van der Waals surface area contributed by atoms with E-state index in [1.165, 1.54) is 0 Å². The maximum absolute atomic E-state index is 12.4. The van der Waals surface area contributed by atoms with Crippen LogP contribution in [0.2, 0.25) is 0 Å². The van der Waals surface area contributed by atoms with Gasteiger partial charge < -0.3 is 10.6 Å². The lowest BCUT2D eigenvalue weighted by molar-refractivity contribution is -0.184. The van der Waals surface area contributed by atoms with Crippen LogP contribution in [0.5, 0.6) is 0 Å². The molecule has 0 aromatic carbocycles. The summed E-state index contributed by atoms with van der Waals surface area (Å²) in [5.74, 6) is -1.51. The zero-order valence-electron chi connectivity index (χ0n) is 9.52. The van der Waals surface area contributed by atoms with Gasteiger partial charge >= 0.3 is 6.18 Å². The van der Waals surface area contributed by atoms with Gasteiger partial charge in [-0.3, -0.25) is 4.79 Å². The van der Waals surface area contributed by atoms with E-state index in [1.54, 1.807) is 0 Å². The largest absolute Gasteiger partial charge is 0.391 e. The van der Waals surface area contributed by atoms with E-state index in [-0.39, 0.29) is 30.7 Å². The van der Waals surface area contributed by atoms with E-state index in [9.17, 15) is 18.0 Å². The van der Waals surface area contributed by atoms with E-state index < -0.39 is 12.1 Å². The first kappa shape index (κ1) is 12.7.